The lowest BCUT2D eigenvalue weighted by Gasteiger charge is -2.02. The molecule has 0 saturated carbocycles. The number of H-pyrrole nitrogens is 1. The van der Waals surface area contributed by atoms with Crippen molar-refractivity contribution < 1.29 is 4.79 Å². The van der Waals surface area contributed by atoms with Gasteiger partial charge in [0.25, 0.3) is 0 Å². The van der Waals surface area contributed by atoms with Crippen LogP contribution < -0.4 is 0 Å². The van der Waals surface area contributed by atoms with Gasteiger partial charge >= 0.3 is 0 Å². The van der Waals surface area contributed by atoms with Crippen LogP contribution in [0.4, 0.5) is 0 Å². The lowest BCUT2D eigenvalue weighted by molar-refractivity contribution is -0.117. The molecule has 17 heavy (non-hydrogen) atoms. The van der Waals surface area contributed by atoms with E-state index in [1.807, 2.05) is 0 Å². The number of carbonyl (C=O) groups excluding carboxylic acids is 1. The minimum Gasteiger partial charge on any atom is -0.348 e. The number of benzene rings is 1. The molecule has 0 saturated heterocycles. The third kappa shape index (κ3) is 3.32. The molecule has 0 radical (unpaired) electrons. The Bertz CT molecular complexity index is 523. The van der Waals surface area contributed by atoms with Crippen LogP contribution in [0.1, 0.15) is 11.4 Å². The van der Waals surface area contributed by atoms with Crippen LogP contribution in [0.3, 0.4) is 0 Å². The Kier molecular flexibility index (Phi) is 3.82. The molecule has 0 aliphatic carbocycles. The van der Waals surface area contributed by atoms with Crippen molar-refractivity contribution in [3.8, 4) is 0 Å². The summed E-state index contributed by atoms with van der Waals surface area (Å²) in [5.74, 6) is 0.758. The van der Waals surface area contributed by atoms with Crippen molar-refractivity contribution in [1.82, 2.24) is 9.97 Å². The summed E-state index contributed by atoms with van der Waals surface area (Å²) in [6, 6.07) is 5.21. The number of rotatable bonds is 4. The van der Waals surface area contributed by atoms with E-state index in [0.717, 1.165) is 5.56 Å². The molecule has 0 unspecified atom stereocenters. The highest BCUT2D eigenvalue weighted by atomic mass is 35.5. The van der Waals surface area contributed by atoms with Crippen molar-refractivity contribution in [2.75, 3.05) is 0 Å². The molecule has 1 aromatic heterocycles. The summed E-state index contributed by atoms with van der Waals surface area (Å²) < 4.78 is 0. The van der Waals surface area contributed by atoms with Crippen molar-refractivity contribution in [3.05, 3.63) is 52.0 Å². The topological polar surface area (TPSA) is 45.8 Å². The van der Waals surface area contributed by atoms with Crippen LogP contribution in [0.25, 0.3) is 0 Å². The molecule has 1 N–H and O–H groups in total. The van der Waals surface area contributed by atoms with Gasteiger partial charge in [0.05, 0.1) is 16.5 Å². The van der Waals surface area contributed by atoms with Gasteiger partial charge in [-0.05, 0) is 17.7 Å². The van der Waals surface area contributed by atoms with Crippen LogP contribution in [-0.4, -0.2) is 15.8 Å². The average molecular weight is 269 g/mol. The molecule has 5 heteroatoms. The first-order chi connectivity index (χ1) is 8.15. The highest BCUT2D eigenvalue weighted by Crippen LogP contribution is 2.22. The third-order valence-corrected chi connectivity index (χ3v) is 3.04. The molecular formula is C12H10Cl2N2O. The van der Waals surface area contributed by atoms with Crippen molar-refractivity contribution >= 4 is 29.0 Å². The van der Waals surface area contributed by atoms with Crippen molar-refractivity contribution in [2.45, 2.75) is 12.8 Å². The van der Waals surface area contributed by atoms with Gasteiger partial charge in [-0.25, -0.2) is 4.98 Å². The van der Waals surface area contributed by atoms with Gasteiger partial charge in [-0.15, -0.1) is 0 Å². The molecule has 0 atom stereocenters. The second-order valence-corrected chi connectivity index (χ2v) is 4.49. The summed E-state index contributed by atoms with van der Waals surface area (Å²) in [6.45, 7) is 0. The molecule has 0 amide bonds. The maximum absolute atomic E-state index is 11.7. The highest BCUT2D eigenvalue weighted by Gasteiger charge is 2.08. The molecule has 0 aliphatic heterocycles. The van der Waals surface area contributed by atoms with E-state index in [0.29, 0.717) is 28.7 Å². The fourth-order valence-corrected chi connectivity index (χ4v) is 1.84. The first-order valence-electron chi connectivity index (χ1n) is 5.09. The van der Waals surface area contributed by atoms with Gasteiger partial charge in [-0.2, -0.15) is 0 Å². The predicted molar refractivity (Wildman–Crippen MR) is 67.5 cm³/mol. The van der Waals surface area contributed by atoms with Gasteiger partial charge in [-0.3, -0.25) is 4.79 Å². The van der Waals surface area contributed by atoms with Gasteiger partial charge in [0.2, 0.25) is 0 Å². The van der Waals surface area contributed by atoms with Crippen molar-refractivity contribution in [2.24, 2.45) is 0 Å². The first-order valence-corrected chi connectivity index (χ1v) is 5.84. The smallest absolute Gasteiger partial charge is 0.144 e. The Morgan fingerprint density at radius 2 is 2.06 bits per heavy atom. The van der Waals surface area contributed by atoms with Gasteiger partial charge in [-0.1, -0.05) is 29.3 Å². The van der Waals surface area contributed by atoms with Crippen LogP contribution in [-0.2, 0) is 17.6 Å². The SMILES string of the molecule is O=C(Cc1ccc(Cl)c(Cl)c1)Cc1ncc[nH]1. The molecule has 1 aromatic carbocycles. The summed E-state index contributed by atoms with van der Waals surface area (Å²) in [5.41, 5.74) is 0.857. The first kappa shape index (κ1) is 12.1. The molecule has 0 aliphatic rings. The standard InChI is InChI=1S/C12H10Cl2N2O/c13-10-2-1-8(6-11(10)14)5-9(17)7-12-15-3-4-16-12/h1-4,6H,5,7H2,(H,15,16). The number of hydrogen-bond donors (Lipinski definition) is 1. The zero-order valence-electron chi connectivity index (χ0n) is 8.91. The van der Waals surface area contributed by atoms with E-state index in [1.165, 1.54) is 0 Å². The average Bonchev–Trinajstić information content (AvgIpc) is 2.76. The summed E-state index contributed by atoms with van der Waals surface area (Å²) in [6.07, 6.45) is 3.95. The van der Waals surface area contributed by atoms with Crippen molar-refractivity contribution in [3.63, 3.8) is 0 Å². The summed E-state index contributed by atoms with van der Waals surface area (Å²) >= 11 is 11.7. The molecular weight excluding hydrogens is 259 g/mol. The maximum Gasteiger partial charge on any atom is 0.144 e. The summed E-state index contributed by atoms with van der Waals surface area (Å²) in [5, 5.41) is 0.962. The number of carbonyl (C=O) groups is 1. The number of hydrogen-bond acceptors (Lipinski definition) is 2. The van der Waals surface area contributed by atoms with Crippen molar-refractivity contribution in [1.29, 1.82) is 0 Å². The zero-order chi connectivity index (χ0) is 12.3. The molecule has 0 fully saturated rings. The van der Waals surface area contributed by atoms with Crippen LogP contribution in [0.15, 0.2) is 30.6 Å². The lowest BCUT2D eigenvalue weighted by atomic mass is 10.1. The number of aromatic amines is 1. The summed E-state index contributed by atoms with van der Waals surface area (Å²) in [4.78, 5) is 18.6. The second kappa shape index (κ2) is 5.34. The fraction of sp³-hybridized carbons (Fsp3) is 0.167. The number of aromatic nitrogens is 2. The molecule has 3 nitrogen and oxygen atoms in total. The van der Waals surface area contributed by atoms with Gasteiger partial charge in [0.15, 0.2) is 0 Å². The van der Waals surface area contributed by atoms with E-state index < -0.39 is 0 Å². The Labute approximate surface area is 109 Å². The Morgan fingerprint density at radius 1 is 1.24 bits per heavy atom. The number of nitrogens with zero attached hydrogens (tertiary/aromatic N) is 1. The Balaban J connectivity index is 2.00. The van der Waals surface area contributed by atoms with Crippen LogP contribution in [0, 0.1) is 0 Å². The van der Waals surface area contributed by atoms with Gasteiger partial charge in [0, 0.05) is 18.8 Å². The van der Waals surface area contributed by atoms with E-state index in [9.17, 15) is 4.79 Å². The van der Waals surface area contributed by atoms with E-state index in [4.69, 9.17) is 23.2 Å². The van der Waals surface area contributed by atoms with Gasteiger partial charge in [0.1, 0.15) is 11.6 Å². The fourth-order valence-electron chi connectivity index (χ4n) is 1.52. The molecule has 2 aromatic rings. The monoisotopic (exact) mass is 268 g/mol. The quantitative estimate of drug-likeness (QED) is 0.927. The number of halogens is 2. The van der Waals surface area contributed by atoms with E-state index in [-0.39, 0.29) is 5.78 Å². The molecule has 88 valence electrons. The van der Waals surface area contributed by atoms with E-state index >= 15 is 0 Å². The molecule has 1 heterocycles. The van der Waals surface area contributed by atoms with E-state index in [2.05, 4.69) is 9.97 Å². The van der Waals surface area contributed by atoms with Gasteiger partial charge < -0.3 is 4.98 Å². The number of nitrogens with one attached hydrogen (secondary N) is 1. The summed E-state index contributed by atoms with van der Waals surface area (Å²) in [7, 11) is 0. The largest absolute Gasteiger partial charge is 0.348 e. The lowest BCUT2D eigenvalue weighted by Crippen LogP contribution is -2.07. The molecule has 0 spiro atoms. The second-order valence-electron chi connectivity index (χ2n) is 3.68. The maximum atomic E-state index is 11.7. The minimum absolute atomic E-state index is 0.0818. The van der Waals surface area contributed by atoms with Crippen LogP contribution >= 0.6 is 23.2 Å². The minimum atomic E-state index is 0.0818. The number of imidazole rings is 1. The zero-order valence-corrected chi connectivity index (χ0v) is 10.4. The normalized spacial score (nSPS) is 10.5. The predicted octanol–water partition coefficient (Wildman–Crippen LogP) is 3.07. The Morgan fingerprint density at radius 3 is 2.71 bits per heavy atom. The molecule has 0 bridgehead atoms. The molecule has 2 rings (SSSR count). The van der Waals surface area contributed by atoms with E-state index in [1.54, 1.807) is 30.6 Å². The third-order valence-electron chi connectivity index (χ3n) is 2.30. The number of Topliss-reactive ketones (excluding diaryl/α,β-unsaturated/α-hetero) is 1. The highest BCUT2D eigenvalue weighted by molar-refractivity contribution is 6.42. The Hall–Kier alpha value is -1.32. The number of ketones is 1. The van der Waals surface area contributed by atoms with Crippen LogP contribution in [0.2, 0.25) is 10.0 Å². The van der Waals surface area contributed by atoms with Crippen LogP contribution in [0.5, 0.6) is 0 Å².